The van der Waals surface area contributed by atoms with E-state index in [1.807, 2.05) is 19.1 Å². The SMILES string of the molecule is Cc1cccc2c(=O)n(CC(=O)NC[C@H]3CCN(C(C)C)C3)cnc12. The molecule has 1 aliphatic rings. The van der Waals surface area contributed by atoms with Gasteiger partial charge in [0.05, 0.1) is 17.2 Å². The van der Waals surface area contributed by atoms with Gasteiger partial charge in [0, 0.05) is 19.1 Å². The van der Waals surface area contributed by atoms with Crippen LogP contribution in [0.1, 0.15) is 25.8 Å². The summed E-state index contributed by atoms with van der Waals surface area (Å²) < 4.78 is 1.38. The lowest BCUT2D eigenvalue weighted by molar-refractivity contribution is -0.121. The van der Waals surface area contributed by atoms with Crippen LogP contribution in [0.2, 0.25) is 0 Å². The molecule has 1 saturated heterocycles. The Morgan fingerprint density at radius 3 is 2.92 bits per heavy atom. The third kappa shape index (κ3) is 3.90. The lowest BCUT2D eigenvalue weighted by Crippen LogP contribution is -2.36. The van der Waals surface area contributed by atoms with Crippen molar-refractivity contribution in [3.05, 3.63) is 40.4 Å². The van der Waals surface area contributed by atoms with Crippen LogP contribution in [-0.4, -0.2) is 46.0 Å². The van der Waals surface area contributed by atoms with E-state index in [1.54, 1.807) is 6.07 Å². The van der Waals surface area contributed by atoms with Gasteiger partial charge in [-0.2, -0.15) is 0 Å². The smallest absolute Gasteiger partial charge is 0.261 e. The van der Waals surface area contributed by atoms with Gasteiger partial charge in [-0.25, -0.2) is 4.98 Å². The summed E-state index contributed by atoms with van der Waals surface area (Å²) in [6.07, 6.45) is 2.57. The van der Waals surface area contributed by atoms with E-state index in [0.29, 0.717) is 29.4 Å². The van der Waals surface area contributed by atoms with Crippen LogP contribution < -0.4 is 10.9 Å². The minimum absolute atomic E-state index is 0.0102. The van der Waals surface area contributed by atoms with Gasteiger partial charge in [0.2, 0.25) is 5.91 Å². The molecule has 0 unspecified atom stereocenters. The fourth-order valence-corrected chi connectivity index (χ4v) is 3.42. The number of aromatic nitrogens is 2. The average molecular weight is 342 g/mol. The number of hydrogen-bond acceptors (Lipinski definition) is 4. The van der Waals surface area contributed by atoms with Crippen molar-refractivity contribution in [2.45, 2.75) is 39.8 Å². The maximum Gasteiger partial charge on any atom is 0.261 e. The summed E-state index contributed by atoms with van der Waals surface area (Å²) in [5.74, 6) is 0.347. The second kappa shape index (κ2) is 7.35. The van der Waals surface area contributed by atoms with E-state index >= 15 is 0 Å². The van der Waals surface area contributed by atoms with Gasteiger partial charge in [0.25, 0.3) is 5.56 Å². The highest BCUT2D eigenvalue weighted by atomic mass is 16.2. The Labute approximate surface area is 147 Å². The molecule has 134 valence electrons. The van der Waals surface area contributed by atoms with Crippen LogP contribution in [-0.2, 0) is 11.3 Å². The molecular weight excluding hydrogens is 316 g/mol. The zero-order valence-electron chi connectivity index (χ0n) is 15.2. The molecule has 2 aromatic rings. The summed E-state index contributed by atoms with van der Waals surface area (Å²) >= 11 is 0. The number of hydrogen-bond donors (Lipinski definition) is 1. The van der Waals surface area contributed by atoms with Crippen LogP contribution in [0.3, 0.4) is 0 Å². The number of nitrogens with one attached hydrogen (secondary N) is 1. The molecule has 0 bridgehead atoms. The molecular formula is C19H26N4O2. The number of likely N-dealkylation sites (tertiary alicyclic amines) is 1. The normalized spacial score (nSPS) is 18.2. The number of aryl methyl sites for hydroxylation is 1. The van der Waals surface area contributed by atoms with Crippen molar-refractivity contribution in [3.8, 4) is 0 Å². The number of para-hydroxylation sites is 1. The Hall–Kier alpha value is -2.21. The topological polar surface area (TPSA) is 67.2 Å². The van der Waals surface area contributed by atoms with Crippen LogP contribution in [0, 0.1) is 12.8 Å². The summed E-state index contributed by atoms with van der Waals surface area (Å²) in [4.78, 5) is 31.5. The highest BCUT2D eigenvalue weighted by Gasteiger charge is 2.24. The molecule has 2 heterocycles. The van der Waals surface area contributed by atoms with Crippen molar-refractivity contribution in [1.29, 1.82) is 0 Å². The molecule has 0 spiro atoms. The highest BCUT2D eigenvalue weighted by Crippen LogP contribution is 2.17. The Morgan fingerprint density at radius 2 is 2.20 bits per heavy atom. The minimum atomic E-state index is -0.171. The summed E-state index contributed by atoms with van der Waals surface area (Å²) in [6, 6.07) is 6.07. The quantitative estimate of drug-likeness (QED) is 0.895. The lowest BCUT2D eigenvalue weighted by atomic mass is 10.1. The molecule has 1 atom stereocenters. The predicted octanol–water partition coefficient (Wildman–Crippen LogP) is 1.55. The fourth-order valence-electron chi connectivity index (χ4n) is 3.42. The van der Waals surface area contributed by atoms with Gasteiger partial charge in [-0.1, -0.05) is 12.1 Å². The van der Waals surface area contributed by atoms with E-state index in [9.17, 15) is 9.59 Å². The Balaban J connectivity index is 1.61. The third-order valence-corrected chi connectivity index (χ3v) is 5.00. The number of carbonyl (C=O) groups excluding carboxylic acids is 1. The van der Waals surface area contributed by atoms with Crippen LogP contribution in [0.15, 0.2) is 29.3 Å². The van der Waals surface area contributed by atoms with E-state index in [-0.39, 0.29) is 18.0 Å². The molecule has 1 amide bonds. The first kappa shape index (κ1) is 17.6. The molecule has 0 saturated carbocycles. The van der Waals surface area contributed by atoms with Crippen molar-refractivity contribution in [2.24, 2.45) is 5.92 Å². The Morgan fingerprint density at radius 1 is 1.40 bits per heavy atom. The summed E-state index contributed by atoms with van der Waals surface area (Å²) in [5.41, 5.74) is 1.49. The lowest BCUT2D eigenvalue weighted by Gasteiger charge is -2.20. The number of benzene rings is 1. The standard InChI is InChI=1S/C19H26N4O2/c1-13(2)22-8-7-15(10-22)9-20-17(24)11-23-12-21-18-14(3)5-4-6-16(18)19(23)25/h4-6,12-13,15H,7-11H2,1-3H3,(H,20,24)/t15-/m1/s1. The molecule has 1 aliphatic heterocycles. The van der Waals surface area contributed by atoms with Crippen molar-refractivity contribution >= 4 is 16.8 Å². The van der Waals surface area contributed by atoms with Gasteiger partial charge in [-0.15, -0.1) is 0 Å². The van der Waals surface area contributed by atoms with Crippen LogP contribution >= 0.6 is 0 Å². The van der Waals surface area contributed by atoms with Gasteiger partial charge < -0.3 is 10.2 Å². The van der Waals surface area contributed by atoms with Gasteiger partial charge in [0.15, 0.2) is 0 Å². The predicted molar refractivity (Wildman–Crippen MR) is 98.6 cm³/mol. The zero-order chi connectivity index (χ0) is 18.0. The molecule has 3 rings (SSSR count). The van der Waals surface area contributed by atoms with Crippen molar-refractivity contribution in [2.75, 3.05) is 19.6 Å². The van der Waals surface area contributed by atoms with E-state index in [2.05, 4.69) is 29.0 Å². The first-order chi connectivity index (χ1) is 12.0. The highest BCUT2D eigenvalue weighted by molar-refractivity contribution is 5.81. The molecule has 25 heavy (non-hydrogen) atoms. The molecule has 0 aliphatic carbocycles. The van der Waals surface area contributed by atoms with E-state index < -0.39 is 0 Å². The molecule has 1 fully saturated rings. The second-order valence-electron chi connectivity index (χ2n) is 7.20. The summed E-state index contributed by atoms with van der Waals surface area (Å²) in [7, 11) is 0. The van der Waals surface area contributed by atoms with Crippen molar-refractivity contribution in [3.63, 3.8) is 0 Å². The number of nitrogens with zero attached hydrogens (tertiary/aromatic N) is 3. The van der Waals surface area contributed by atoms with Crippen molar-refractivity contribution < 1.29 is 4.79 Å². The Kier molecular flexibility index (Phi) is 5.18. The van der Waals surface area contributed by atoms with Crippen LogP contribution in [0.25, 0.3) is 10.9 Å². The van der Waals surface area contributed by atoms with Gasteiger partial charge >= 0.3 is 0 Å². The first-order valence-electron chi connectivity index (χ1n) is 8.91. The monoisotopic (exact) mass is 342 g/mol. The largest absolute Gasteiger partial charge is 0.354 e. The summed E-state index contributed by atoms with van der Waals surface area (Å²) in [5, 5.41) is 3.52. The molecule has 1 aromatic heterocycles. The van der Waals surface area contributed by atoms with Gasteiger partial charge in [-0.05, 0) is 51.3 Å². The van der Waals surface area contributed by atoms with E-state index in [0.717, 1.165) is 25.1 Å². The van der Waals surface area contributed by atoms with Crippen LogP contribution in [0.4, 0.5) is 0 Å². The van der Waals surface area contributed by atoms with E-state index in [4.69, 9.17) is 0 Å². The number of fused-ring (bicyclic) bond motifs is 1. The minimum Gasteiger partial charge on any atom is -0.354 e. The number of rotatable bonds is 5. The van der Waals surface area contributed by atoms with Crippen LogP contribution in [0.5, 0.6) is 0 Å². The van der Waals surface area contributed by atoms with Crippen molar-refractivity contribution in [1.82, 2.24) is 19.8 Å². The molecule has 1 aromatic carbocycles. The van der Waals surface area contributed by atoms with Gasteiger partial charge in [-0.3, -0.25) is 14.2 Å². The first-order valence-corrected chi connectivity index (χ1v) is 8.91. The maximum atomic E-state index is 12.5. The second-order valence-corrected chi connectivity index (χ2v) is 7.20. The molecule has 1 N–H and O–H groups in total. The Bertz CT molecular complexity index is 828. The third-order valence-electron chi connectivity index (χ3n) is 5.00. The van der Waals surface area contributed by atoms with Gasteiger partial charge in [0.1, 0.15) is 6.54 Å². The number of amides is 1. The molecule has 6 heteroatoms. The molecule has 0 radical (unpaired) electrons. The average Bonchev–Trinajstić information content (AvgIpc) is 3.05. The zero-order valence-corrected chi connectivity index (χ0v) is 15.2. The number of carbonyl (C=O) groups is 1. The maximum absolute atomic E-state index is 12.5. The summed E-state index contributed by atoms with van der Waals surface area (Å²) in [6.45, 7) is 9.10. The van der Waals surface area contributed by atoms with E-state index in [1.165, 1.54) is 10.9 Å². The fraction of sp³-hybridized carbons (Fsp3) is 0.526. The molecule has 6 nitrogen and oxygen atoms in total.